The van der Waals surface area contributed by atoms with Crippen LogP contribution in [-0.4, -0.2) is 12.0 Å². The highest BCUT2D eigenvalue weighted by Crippen LogP contribution is 2.29. The highest BCUT2D eigenvalue weighted by molar-refractivity contribution is 7.16. The van der Waals surface area contributed by atoms with Gasteiger partial charge in [-0.15, -0.1) is 11.3 Å². The van der Waals surface area contributed by atoms with Crippen molar-refractivity contribution < 1.29 is 9.53 Å². The van der Waals surface area contributed by atoms with Gasteiger partial charge < -0.3 is 10.1 Å². The Bertz CT molecular complexity index is 914. The number of nitrogens with one attached hydrogen (secondary N) is 1. The van der Waals surface area contributed by atoms with Gasteiger partial charge in [-0.1, -0.05) is 48.5 Å². The van der Waals surface area contributed by atoms with E-state index in [1.807, 2.05) is 54.6 Å². The summed E-state index contributed by atoms with van der Waals surface area (Å²) in [6, 6.07) is 23.2. The minimum Gasteiger partial charge on any atom is -0.481 e. The number of hydrogen-bond acceptors (Lipinski definition) is 4. The van der Waals surface area contributed by atoms with Crippen LogP contribution in [0, 0.1) is 11.3 Å². The van der Waals surface area contributed by atoms with Gasteiger partial charge in [-0.05, 0) is 30.7 Å². The van der Waals surface area contributed by atoms with Crippen molar-refractivity contribution in [2.24, 2.45) is 0 Å². The molecule has 1 amide bonds. The summed E-state index contributed by atoms with van der Waals surface area (Å²) in [5.41, 5.74) is 1.64. The summed E-state index contributed by atoms with van der Waals surface area (Å²) in [6.07, 6.45) is 0.0650. The summed E-state index contributed by atoms with van der Waals surface area (Å²) in [5, 5.41) is 12.7. The van der Waals surface area contributed by atoms with E-state index in [2.05, 4.69) is 11.4 Å². The summed E-state index contributed by atoms with van der Waals surface area (Å²) >= 11 is 1.42. The number of thiophene rings is 1. The number of amides is 1. The van der Waals surface area contributed by atoms with Crippen molar-refractivity contribution in [1.82, 2.24) is 0 Å². The van der Waals surface area contributed by atoms with E-state index in [1.165, 1.54) is 11.3 Å². The molecular formula is C21H18N2O2S. The normalized spacial score (nSPS) is 11.4. The molecule has 1 atom stereocenters. The van der Waals surface area contributed by atoms with Gasteiger partial charge in [-0.3, -0.25) is 4.79 Å². The van der Waals surface area contributed by atoms with E-state index in [0.29, 0.717) is 16.3 Å². The first kappa shape index (κ1) is 17.7. The molecule has 2 aromatic carbocycles. The van der Waals surface area contributed by atoms with E-state index in [1.54, 1.807) is 19.1 Å². The van der Waals surface area contributed by atoms with Crippen molar-refractivity contribution >= 4 is 22.2 Å². The van der Waals surface area contributed by atoms with Crippen LogP contribution in [0.15, 0.2) is 66.7 Å². The number of nitriles is 1. The van der Waals surface area contributed by atoms with E-state index in [0.717, 1.165) is 16.9 Å². The van der Waals surface area contributed by atoms with Crippen LogP contribution < -0.4 is 10.1 Å². The molecule has 0 aliphatic carbocycles. The second-order valence-corrected chi connectivity index (χ2v) is 6.93. The van der Waals surface area contributed by atoms with Gasteiger partial charge in [0.15, 0.2) is 6.10 Å². The largest absolute Gasteiger partial charge is 0.481 e. The number of benzene rings is 2. The molecule has 0 bridgehead atoms. The highest BCUT2D eigenvalue weighted by atomic mass is 32.1. The second-order valence-electron chi connectivity index (χ2n) is 5.79. The third-order valence-corrected chi connectivity index (χ3v) is 4.84. The molecule has 1 unspecified atom stereocenters. The van der Waals surface area contributed by atoms with Gasteiger partial charge >= 0.3 is 0 Å². The van der Waals surface area contributed by atoms with Crippen molar-refractivity contribution in [3.63, 3.8) is 0 Å². The Balaban J connectivity index is 1.68. The Hall–Kier alpha value is -3.10. The van der Waals surface area contributed by atoms with E-state index in [9.17, 15) is 10.1 Å². The van der Waals surface area contributed by atoms with Gasteiger partial charge in [0.05, 0.1) is 5.56 Å². The first-order valence-electron chi connectivity index (χ1n) is 8.25. The van der Waals surface area contributed by atoms with Crippen LogP contribution >= 0.6 is 11.3 Å². The van der Waals surface area contributed by atoms with E-state index >= 15 is 0 Å². The Morgan fingerprint density at radius 2 is 1.81 bits per heavy atom. The molecule has 0 aliphatic rings. The van der Waals surface area contributed by atoms with Crippen molar-refractivity contribution in [3.8, 4) is 11.8 Å². The Morgan fingerprint density at radius 3 is 2.46 bits per heavy atom. The SMILES string of the molecule is CC(Oc1ccccc1)C(=O)Nc1sc(Cc2ccccc2)cc1C#N. The molecule has 26 heavy (non-hydrogen) atoms. The molecule has 4 nitrogen and oxygen atoms in total. The van der Waals surface area contributed by atoms with Crippen molar-refractivity contribution in [2.75, 3.05) is 5.32 Å². The van der Waals surface area contributed by atoms with Crippen LogP contribution in [0.3, 0.4) is 0 Å². The maximum atomic E-state index is 12.4. The monoisotopic (exact) mass is 362 g/mol. The molecular weight excluding hydrogens is 344 g/mol. The topological polar surface area (TPSA) is 62.1 Å². The lowest BCUT2D eigenvalue weighted by atomic mass is 10.1. The van der Waals surface area contributed by atoms with Gasteiger partial charge in [-0.2, -0.15) is 5.26 Å². The summed E-state index contributed by atoms with van der Waals surface area (Å²) in [5.74, 6) is 0.352. The number of anilines is 1. The average Bonchev–Trinajstić information content (AvgIpc) is 3.04. The highest BCUT2D eigenvalue weighted by Gasteiger charge is 2.18. The summed E-state index contributed by atoms with van der Waals surface area (Å²) in [4.78, 5) is 13.4. The lowest BCUT2D eigenvalue weighted by molar-refractivity contribution is -0.122. The summed E-state index contributed by atoms with van der Waals surface area (Å²) in [7, 11) is 0. The first-order chi connectivity index (χ1) is 12.7. The molecule has 3 rings (SSSR count). The first-order valence-corrected chi connectivity index (χ1v) is 9.06. The number of ether oxygens (including phenoxy) is 1. The third kappa shape index (κ3) is 4.50. The van der Waals surface area contributed by atoms with Gasteiger partial charge in [0.2, 0.25) is 0 Å². The maximum Gasteiger partial charge on any atom is 0.265 e. The second kappa shape index (κ2) is 8.32. The Kier molecular flexibility index (Phi) is 5.67. The van der Waals surface area contributed by atoms with Gasteiger partial charge in [0, 0.05) is 11.3 Å². The molecule has 0 radical (unpaired) electrons. The number of carbonyl (C=O) groups excluding carboxylic acids is 1. The molecule has 1 N–H and O–H groups in total. The fourth-order valence-electron chi connectivity index (χ4n) is 2.47. The fraction of sp³-hybridized carbons (Fsp3) is 0.143. The maximum absolute atomic E-state index is 12.4. The minimum atomic E-state index is -0.663. The molecule has 1 heterocycles. The molecule has 0 fully saturated rings. The van der Waals surface area contributed by atoms with E-state index in [4.69, 9.17) is 4.74 Å². The van der Waals surface area contributed by atoms with E-state index in [-0.39, 0.29) is 5.91 Å². The van der Waals surface area contributed by atoms with Crippen molar-refractivity contribution in [1.29, 1.82) is 5.26 Å². The van der Waals surface area contributed by atoms with Crippen LogP contribution in [0.2, 0.25) is 0 Å². The fourth-order valence-corrected chi connectivity index (χ4v) is 3.52. The summed E-state index contributed by atoms with van der Waals surface area (Å²) in [6.45, 7) is 1.69. The van der Waals surface area contributed by atoms with Gasteiger partial charge in [-0.25, -0.2) is 0 Å². The van der Waals surface area contributed by atoms with Gasteiger partial charge in [0.1, 0.15) is 16.8 Å². The van der Waals surface area contributed by atoms with Crippen molar-refractivity contribution in [3.05, 3.63) is 82.7 Å². The van der Waals surface area contributed by atoms with Crippen LogP contribution in [0.4, 0.5) is 5.00 Å². The van der Waals surface area contributed by atoms with Crippen LogP contribution in [0.25, 0.3) is 0 Å². The zero-order chi connectivity index (χ0) is 18.4. The molecule has 1 aromatic heterocycles. The average molecular weight is 362 g/mol. The summed E-state index contributed by atoms with van der Waals surface area (Å²) < 4.78 is 5.63. The molecule has 0 aliphatic heterocycles. The molecule has 3 aromatic rings. The van der Waals surface area contributed by atoms with E-state index < -0.39 is 6.10 Å². The quantitative estimate of drug-likeness (QED) is 0.696. The smallest absolute Gasteiger partial charge is 0.265 e. The minimum absolute atomic E-state index is 0.279. The van der Waals surface area contributed by atoms with Crippen LogP contribution in [0.1, 0.15) is 22.9 Å². The lowest BCUT2D eigenvalue weighted by Crippen LogP contribution is -2.30. The number of carbonyl (C=O) groups is 1. The Labute approximate surface area is 156 Å². The predicted molar refractivity (Wildman–Crippen MR) is 103 cm³/mol. The molecule has 0 saturated heterocycles. The lowest BCUT2D eigenvalue weighted by Gasteiger charge is -2.14. The number of hydrogen-bond donors (Lipinski definition) is 1. The van der Waals surface area contributed by atoms with Crippen LogP contribution in [-0.2, 0) is 11.2 Å². The predicted octanol–water partition coefficient (Wildman–Crippen LogP) is 4.62. The number of nitrogens with zero attached hydrogens (tertiary/aromatic N) is 1. The number of rotatable bonds is 6. The number of para-hydroxylation sites is 1. The zero-order valence-corrected chi connectivity index (χ0v) is 15.1. The van der Waals surface area contributed by atoms with Gasteiger partial charge in [0.25, 0.3) is 5.91 Å². The van der Waals surface area contributed by atoms with Crippen LogP contribution in [0.5, 0.6) is 5.75 Å². The molecule has 0 spiro atoms. The molecule has 130 valence electrons. The Morgan fingerprint density at radius 1 is 1.15 bits per heavy atom. The zero-order valence-electron chi connectivity index (χ0n) is 14.3. The molecule has 5 heteroatoms. The molecule has 0 saturated carbocycles. The van der Waals surface area contributed by atoms with Crippen molar-refractivity contribution in [2.45, 2.75) is 19.4 Å². The third-order valence-electron chi connectivity index (χ3n) is 3.79. The standard InChI is InChI=1S/C21H18N2O2S/c1-15(25-18-10-6-3-7-11-18)20(24)23-21-17(14-22)13-19(26-21)12-16-8-4-2-5-9-16/h2-11,13,15H,12H2,1H3,(H,23,24).